The highest BCUT2D eigenvalue weighted by atomic mass is 35.5. The first-order valence-electron chi connectivity index (χ1n) is 9.48. The highest BCUT2D eigenvalue weighted by molar-refractivity contribution is 6.42. The Balaban J connectivity index is 0.00000272. The van der Waals surface area contributed by atoms with Crippen LogP contribution in [0.15, 0.2) is 78.9 Å². The Bertz CT molecular complexity index is 1190. The molecule has 0 aliphatic carbocycles. The van der Waals surface area contributed by atoms with Gasteiger partial charge in [-0.1, -0.05) is 98.2 Å². The van der Waals surface area contributed by atoms with Gasteiger partial charge in [0.15, 0.2) is 0 Å². The SMILES string of the molecule is C.CCC(=O)Oc1c(-c2ccccc2)c(-c2ccccc2)nn1-c1ccc(Cl)c(Cl)c1. The fourth-order valence-electron chi connectivity index (χ4n) is 3.13. The van der Waals surface area contributed by atoms with Gasteiger partial charge >= 0.3 is 5.97 Å². The van der Waals surface area contributed by atoms with Gasteiger partial charge < -0.3 is 4.74 Å². The minimum absolute atomic E-state index is 0. The van der Waals surface area contributed by atoms with E-state index in [9.17, 15) is 4.79 Å². The number of esters is 1. The molecule has 0 fully saturated rings. The summed E-state index contributed by atoms with van der Waals surface area (Å²) in [5.74, 6) is -0.0155. The summed E-state index contributed by atoms with van der Waals surface area (Å²) in [5.41, 5.74) is 3.87. The molecule has 0 saturated carbocycles. The highest BCUT2D eigenvalue weighted by Crippen LogP contribution is 2.41. The van der Waals surface area contributed by atoms with E-state index in [-0.39, 0.29) is 19.8 Å². The Morgan fingerprint density at radius 2 is 1.52 bits per heavy atom. The van der Waals surface area contributed by atoms with Gasteiger partial charge in [-0.05, 0) is 23.8 Å². The molecule has 0 N–H and O–H groups in total. The van der Waals surface area contributed by atoms with Crippen LogP contribution in [-0.2, 0) is 4.79 Å². The number of nitrogens with zero attached hydrogens (tertiary/aromatic N) is 2. The number of ether oxygens (including phenoxy) is 1. The van der Waals surface area contributed by atoms with E-state index in [1.807, 2.05) is 60.7 Å². The number of hydrogen-bond acceptors (Lipinski definition) is 3. The molecule has 0 aliphatic rings. The zero-order valence-corrected chi connectivity index (χ0v) is 17.7. The predicted molar refractivity (Wildman–Crippen MR) is 127 cm³/mol. The number of carbonyl (C=O) groups is 1. The first kappa shape index (κ1) is 22.6. The molecule has 0 aliphatic heterocycles. The molecular formula is C25H22Cl2N2O2. The zero-order valence-electron chi connectivity index (χ0n) is 16.2. The molecule has 6 heteroatoms. The lowest BCUT2D eigenvalue weighted by Crippen LogP contribution is -2.10. The number of aromatic nitrogens is 2. The van der Waals surface area contributed by atoms with Crippen LogP contribution in [0, 0.1) is 0 Å². The Hall–Kier alpha value is -3.08. The minimum atomic E-state index is -0.354. The number of rotatable bonds is 5. The summed E-state index contributed by atoms with van der Waals surface area (Å²) < 4.78 is 7.39. The smallest absolute Gasteiger partial charge is 0.312 e. The first-order valence-corrected chi connectivity index (χ1v) is 10.2. The van der Waals surface area contributed by atoms with Crippen molar-refractivity contribution in [3.8, 4) is 34.0 Å². The third-order valence-electron chi connectivity index (χ3n) is 4.60. The van der Waals surface area contributed by atoms with E-state index in [1.165, 1.54) is 0 Å². The molecule has 31 heavy (non-hydrogen) atoms. The molecule has 0 saturated heterocycles. The highest BCUT2D eigenvalue weighted by Gasteiger charge is 2.25. The Labute approximate surface area is 192 Å². The van der Waals surface area contributed by atoms with Crippen molar-refractivity contribution in [1.29, 1.82) is 0 Å². The first-order chi connectivity index (χ1) is 14.6. The fraction of sp³-hybridized carbons (Fsp3) is 0.120. The predicted octanol–water partition coefficient (Wildman–Crippen LogP) is 7.46. The molecule has 0 unspecified atom stereocenters. The van der Waals surface area contributed by atoms with Crippen molar-refractivity contribution in [2.45, 2.75) is 20.8 Å². The number of hydrogen-bond donors (Lipinski definition) is 0. The Kier molecular flexibility index (Phi) is 7.16. The Morgan fingerprint density at radius 3 is 2.10 bits per heavy atom. The molecule has 0 radical (unpaired) electrons. The Morgan fingerprint density at radius 1 is 0.903 bits per heavy atom. The number of halogens is 2. The summed E-state index contributed by atoms with van der Waals surface area (Å²) in [7, 11) is 0. The van der Waals surface area contributed by atoms with E-state index in [1.54, 1.807) is 29.8 Å². The largest absolute Gasteiger partial charge is 0.407 e. The van der Waals surface area contributed by atoms with Crippen LogP contribution in [0.3, 0.4) is 0 Å². The summed E-state index contributed by atoms with van der Waals surface area (Å²) in [6.07, 6.45) is 0.238. The maximum atomic E-state index is 12.3. The van der Waals surface area contributed by atoms with Crippen LogP contribution < -0.4 is 4.74 Å². The van der Waals surface area contributed by atoms with Crippen molar-refractivity contribution in [1.82, 2.24) is 9.78 Å². The third-order valence-corrected chi connectivity index (χ3v) is 5.34. The lowest BCUT2D eigenvalue weighted by molar-refractivity contribution is -0.134. The van der Waals surface area contributed by atoms with Gasteiger partial charge in [-0.15, -0.1) is 0 Å². The molecular weight excluding hydrogens is 431 g/mol. The van der Waals surface area contributed by atoms with Crippen molar-refractivity contribution in [3.05, 3.63) is 88.9 Å². The van der Waals surface area contributed by atoms with Crippen molar-refractivity contribution in [2.75, 3.05) is 0 Å². The van der Waals surface area contributed by atoms with Crippen LogP contribution in [0.2, 0.25) is 10.0 Å². The van der Waals surface area contributed by atoms with Gasteiger partial charge in [0.05, 0.1) is 21.3 Å². The van der Waals surface area contributed by atoms with E-state index in [0.29, 0.717) is 27.3 Å². The molecule has 0 bridgehead atoms. The molecule has 4 rings (SSSR count). The lowest BCUT2D eigenvalue weighted by atomic mass is 10.0. The summed E-state index contributed by atoms with van der Waals surface area (Å²) in [5, 5.41) is 5.65. The fourth-order valence-corrected chi connectivity index (χ4v) is 3.42. The van der Waals surface area contributed by atoms with Crippen LogP contribution in [0.25, 0.3) is 28.1 Å². The van der Waals surface area contributed by atoms with Crippen molar-refractivity contribution < 1.29 is 9.53 Å². The second-order valence-corrected chi connectivity index (χ2v) is 7.41. The molecule has 0 spiro atoms. The molecule has 4 nitrogen and oxygen atoms in total. The van der Waals surface area contributed by atoms with Crippen molar-refractivity contribution >= 4 is 29.2 Å². The van der Waals surface area contributed by atoms with E-state index in [4.69, 9.17) is 33.0 Å². The van der Waals surface area contributed by atoms with E-state index < -0.39 is 0 Å². The summed E-state index contributed by atoms with van der Waals surface area (Å²) in [4.78, 5) is 12.3. The maximum absolute atomic E-state index is 12.3. The summed E-state index contributed by atoms with van der Waals surface area (Å²) >= 11 is 12.3. The van der Waals surface area contributed by atoms with Gasteiger partial charge in [0.2, 0.25) is 5.88 Å². The van der Waals surface area contributed by atoms with Gasteiger partial charge in [0, 0.05) is 12.0 Å². The van der Waals surface area contributed by atoms with Crippen molar-refractivity contribution in [2.24, 2.45) is 0 Å². The topological polar surface area (TPSA) is 44.1 Å². The summed E-state index contributed by atoms with van der Waals surface area (Å²) in [6.45, 7) is 1.75. The third kappa shape index (κ3) is 4.66. The number of carbonyl (C=O) groups excluding carboxylic acids is 1. The van der Waals surface area contributed by atoms with Gasteiger partial charge in [0.1, 0.15) is 5.69 Å². The number of benzene rings is 3. The van der Waals surface area contributed by atoms with Gasteiger partial charge in [-0.2, -0.15) is 9.78 Å². The summed E-state index contributed by atoms with van der Waals surface area (Å²) in [6, 6.07) is 24.7. The lowest BCUT2D eigenvalue weighted by Gasteiger charge is -2.10. The maximum Gasteiger partial charge on any atom is 0.312 e. The molecule has 1 heterocycles. The second kappa shape index (κ2) is 9.82. The van der Waals surface area contributed by atoms with Crippen LogP contribution >= 0.6 is 23.2 Å². The average molecular weight is 453 g/mol. The van der Waals surface area contributed by atoms with Crippen molar-refractivity contribution in [3.63, 3.8) is 0 Å². The molecule has 3 aromatic carbocycles. The molecule has 0 amide bonds. The van der Waals surface area contributed by atoms with Crippen LogP contribution in [0.5, 0.6) is 5.88 Å². The van der Waals surface area contributed by atoms with Gasteiger partial charge in [0.25, 0.3) is 0 Å². The van der Waals surface area contributed by atoms with Crippen LogP contribution in [0.4, 0.5) is 0 Å². The van der Waals surface area contributed by atoms with Gasteiger partial charge in [-0.3, -0.25) is 4.79 Å². The normalized spacial score (nSPS) is 10.4. The van der Waals surface area contributed by atoms with E-state index in [0.717, 1.165) is 16.7 Å². The molecule has 0 atom stereocenters. The molecule has 1 aromatic heterocycles. The second-order valence-electron chi connectivity index (χ2n) is 6.60. The molecule has 4 aromatic rings. The van der Waals surface area contributed by atoms with Crippen LogP contribution in [-0.4, -0.2) is 15.7 Å². The quantitative estimate of drug-likeness (QED) is 0.295. The van der Waals surface area contributed by atoms with E-state index in [2.05, 4.69) is 0 Å². The minimum Gasteiger partial charge on any atom is -0.407 e. The van der Waals surface area contributed by atoms with Crippen LogP contribution in [0.1, 0.15) is 20.8 Å². The average Bonchev–Trinajstić information content (AvgIpc) is 3.15. The standard InChI is InChI=1S/C24H18Cl2N2O2.CH4/c1-2-21(29)30-24-22(16-9-5-3-6-10-16)23(17-11-7-4-8-12-17)27-28(24)18-13-14-19(25)20(26)15-18;/h3-15H,2H2,1H3;1H4. The molecule has 158 valence electrons. The zero-order chi connectivity index (χ0) is 21.1. The monoisotopic (exact) mass is 452 g/mol. The van der Waals surface area contributed by atoms with E-state index >= 15 is 0 Å². The van der Waals surface area contributed by atoms with Gasteiger partial charge in [-0.25, -0.2) is 0 Å².